The average molecular weight is 435 g/mol. The summed E-state index contributed by atoms with van der Waals surface area (Å²) in [4.78, 5) is 16.4. The van der Waals surface area contributed by atoms with E-state index < -0.39 is 10.5 Å². The second-order valence-corrected chi connectivity index (χ2v) is 7.07. The van der Waals surface area contributed by atoms with Crippen molar-refractivity contribution >= 4 is 47.9 Å². The molecule has 2 rings (SSSR count). The summed E-state index contributed by atoms with van der Waals surface area (Å²) in [5, 5.41) is 9.85. The van der Waals surface area contributed by atoms with Crippen LogP contribution in [0.15, 0.2) is 20.0 Å². The van der Waals surface area contributed by atoms with Crippen molar-refractivity contribution in [3.8, 4) is 0 Å². The Morgan fingerprint density at radius 3 is 1.64 bits per heavy atom. The van der Waals surface area contributed by atoms with Gasteiger partial charge in [0, 0.05) is 13.1 Å². The van der Waals surface area contributed by atoms with Gasteiger partial charge >= 0.3 is 12.0 Å². The molecule has 10 nitrogen and oxygen atoms in total. The molecular formula is C16H28Cl2N8O2. The Balaban J connectivity index is 1.56. The summed E-state index contributed by atoms with van der Waals surface area (Å²) in [6.45, 7) is 6.13. The van der Waals surface area contributed by atoms with E-state index in [1.165, 1.54) is 12.7 Å². The standard InChI is InChI=1S/C16H28Cl2N8O2/c1-3-27-13-19-11-23-15(17,25-13)21-9-7-5-6-8-10-22-16(18)24-12-20-14(26-16)28-4-2/h11-12,21-22H,3-10H2,1-2H3,(H,19,23,25)(H,20,24,26). The predicted octanol–water partition coefficient (Wildman–Crippen LogP) is 1.47. The normalized spacial score (nSPS) is 26.1. The lowest BCUT2D eigenvalue weighted by molar-refractivity contribution is 0.306. The van der Waals surface area contributed by atoms with Crippen LogP contribution in [-0.4, -0.2) is 61.5 Å². The maximum absolute atomic E-state index is 6.36. The Morgan fingerprint density at radius 1 is 0.821 bits per heavy atom. The molecule has 0 aromatic heterocycles. The maximum Gasteiger partial charge on any atom is 0.317 e. The molecule has 0 aromatic carbocycles. The first-order valence-corrected chi connectivity index (χ1v) is 10.2. The maximum atomic E-state index is 6.36. The van der Waals surface area contributed by atoms with Gasteiger partial charge in [-0.05, 0) is 26.7 Å². The minimum absolute atomic E-state index is 0.265. The first-order valence-electron chi connectivity index (χ1n) is 9.42. The number of hydrogen-bond donors (Lipinski definition) is 4. The van der Waals surface area contributed by atoms with Crippen molar-refractivity contribution in [3.05, 3.63) is 0 Å². The van der Waals surface area contributed by atoms with Crippen molar-refractivity contribution in [1.29, 1.82) is 0 Å². The zero-order valence-corrected chi connectivity index (χ0v) is 17.7. The van der Waals surface area contributed by atoms with Gasteiger partial charge in [0.25, 0.3) is 10.5 Å². The van der Waals surface area contributed by atoms with Crippen LogP contribution >= 0.6 is 23.2 Å². The molecule has 0 amide bonds. The number of hydrogen-bond acceptors (Lipinski definition) is 10. The third kappa shape index (κ3) is 7.78. The van der Waals surface area contributed by atoms with E-state index in [0.717, 1.165) is 25.7 Å². The Morgan fingerprint density at radius 2 is 1.25 bits per heavy atom. The fourth-order valence-corrected chi connectivity index (χ4v) is 2.85. The third-order valence-corrected chi connectivity index (χ3v) is 4.38. The fraction of sp³-hybridized carbons (Fsp3) is 0.750. The van der Waals surface area contributed by atoms with Gasteiger partial charge < -0.3 is 20.1 Å². The van der Waals surface area contributed by atoms with Crippen LogP contribution in [0.2, 0.25) is 0 Å². The van der Waals surface area contributed by atoms with Crippen LogP contribution in [0.25, 0.3) is 0 Å². The Labute approximate surface area is 175 Å². The molecule has 0 fully saturated rings. The summed E-state index contributed by atoms with van der Waals surface area (Å²) < 4.78 is 10.5. The first-order chi connectivity index (χ1) is 13.5. The number of aliphatic imine (C=N–C) groups is 4. The van der Waals surface area contributed by atoms with E-state index in [9.17, 15) is 0 Å². The van der Waals surface area contributed by atoms with Crippen LogP contribution < -0.4 is 21.3 Å². The molecule has 0 spiro atoms. The molecule has 2 atom stereocenters. The molecule has 0 saturated carbocycles. The highest BCUT2D eigenvalue weighted by Crippen LogP contribution is 2.14. The number of unbranched alkanes of at least 4 members (excludes halogenated alkanes) is 3. The average Bonchev–Trinajstić information content (AvgIpc) is 2.64. The topological polar surface area (TPSA) is 116 Å². The molecule has 158 valence electrons. The molecule has 0 aliphatic carbocycles. The molecule has 0 radical (unpaired) electrons. The van der Waals surface area contributed by atoms with Crippen molar-refractivity contribution in [2.45, 2.75) is 50.0 Å². The molecule has 4 N–H and O–H groups in total. The van der Waals surface area contributed by atoms with Crippen molar-refractivity contribution in [2.75, 3.05) is 26.3 Å². The zero-order valence-electron chi connectivity index (χ0n) is 16.2. The number of alkyl halides is 2. The van der Waals surface area contributed by atoms with Gasteiger partial charge in [0.1, 0.15) is 0 Å². The smallest absolute Gasteiger partial charge is 0.317 e. The molecule has 28 heavy (non-hydrogen) atoms. The van der Waals surface area contributed by atoms with Crippen LogP contribution in [0.1, 0.15) is 39.5 Å². The van der Waals surface area contributed by atoms with Gasteiger partial charge in [-0.3, -0.25) is 10.6 Å². The van der Waals surface area contributed by atoms with E-state index in [0.29, 0.717) is 26.3 Å². The minimum Gasteiger partial charge on any atom is -0.464 e. The van der Waals surface area contributed by atoms with Crippen LogP contribution in [0.4, 0.5) is 0 Å². The second-order valence-electron chi connectivity index (χ2n) is 5.97. The summed E-state index contributed by atoms with van der Waals surface area (Å²) >= 11 is 12.7. The lowest BCUT2D eigenvalue weighted by atomic mass is 10.2. The van der Waals surface area contributed by atoms with Gasteiger partial charge in [0.05, 0.1) is 25.9 Å². The molecule has 2 aliphatic rings. The van der Waals surface area contributed by atoms with Gasteiger partial charge in [-0.15, -0.1) is 0 Å². The molecule has 12 heteroatoms. The van der Waals surface area contributed by atoms with Gasteiger partial charge in [0.15, 0.2) is 0 Å². The number of amidine groups is 2. The number of nitrogens with zero attached hydrogens (tertiary/aromatic N) is 4. The van der Waals surface area contributed by atoms with Gasteiger partial charge in [-0.25, -0.2) is 0 Å². The number of halogens is 2. The Kier molecular flexibility index (Phi) is 9.23. The zero-order chi connectivity index (χ0) is 20.3. The van der Waals surface area contributed by atoms with E-state index in [1.54, 1.807) is 0 Å². The van der Waals surface area contributed by atoms with Gasteiger partial charge in [0.2, 0.25) is 0 Å². The predicted molar refractivity (Wildman–Crippen MR) is 113 cm³/mol. The molecule has 2 unspecified atom stereocenters. The van der Waals surface area contributed by atoms with E-state index in [1.807, 2.05) is 13.8 Å². The summed E-state index contributed by atoms with van der Waals surface area (Å²) in [6.07, 6.45) is 6.95. The van der Waals surface area contributed by atoms with E-state index in [-0.39, 0.29) is 12.0 Å². The second kappa shape index (κ2) is 11.4. The molecule has 0 saturated heterocycles. The number of ether oxygens (including phenoxy) is 2. The quantitative estimate of drug-likeness (QED) is 0.222. The van der Waals surface area contributed by atoms with Crippen LogP contribution in [0, 0.1) is 0 Å². The van der Waals surface area contributed by atoms with Crippen LogP contribution in [0.3, 0.4) is 0 Å². The van der Waals surface area contributed by atoms with Gasteiger partial charge in [-0.1, -0.05) is 36.0 Å². The summed E-state index contributed by atoms with van der Waals surface area (Å²) in [7, 11) is 0. The first kappa shape index (κ1) is 22.7. The monoisotopic (exact) mass is 434 g/mol. The molecular weight excluding hydrogens is 407 g/mol. The highest BCUT2D eigenvalue weighted by atomic mass is 35.5. The fourth-order valence-electron chi connectivity index (χ4n) is 2.42. The highest BCUT2D eigenvalue weighted by molar-refractivity contribution is 6.25. The van der Waals surface area contributed by atoms with E-state index >= 15 is 0 Å². The summed E-state index contributed by atoms with van der Waals surface area (Å²) in [6, 6.07) is 0.530. The minimum atomic E-state index is -1.11. The molecule has 2 heterocycles. The van der Waals surface area contributed by atoms with Crippen molar-refractivity contribution in [1.82, 2.24) is 21.3 Å². The Bertz CT molecular complexity index is 563. The van der Waals surface area contributed by atoms with E-state index in [4.69, 9.17) is 32.7 Å². The van der Waals surface area contributed by atoms with Crippen molar-refractivity contribution < 1.29 is 9.47 Å². The van der Waals surface area contributed by atoms with Crippen molar-refractivity contribution in [2.24, 2.45) is 20.0 Å². The number of nitrogens with one attached hydrogen (secondary N) is 4. The largest absolute Gasteiger partial charge is 0.464 e. The number of rotatable bonds is 11. The van der Waals surface area contributed by atoms with Crippen molar-refractivity contribution in [3.63, 3.8) is 0 Å². The summed E-state index contributed by atoms with van der Waals surface area (Å²) in [5.41, 5.74) is 0. The summed E-state index contributed by atoms with van der Waals surface area (Å²) in [5.74, 6) is 0. The van der Waals surface area contributed by atoms with E-state index in [2.05, 4.69) is 41.2 Å². The SMILES string of the molecule is CCOC1=NC(Cl)(NCCCCCCNC2(Cl)N=C(OCC)N=CN2)NC=N1. The Hall–Kier alpha value is -1.62. The lowest BCUT2D eigenvalue weighted by Crippen LogP contribution is -2.53. The van der Waals surface area contributed by atoms with Gasteiger partial charge in [-0.2, -0.15) is 20.0 Å². The molecule has 2 aliphatic heterocycles. The molecule has 0 bridgehead atoms. The lowest BCUT2D eigenvalue weighted by Gasteiger charge is -2.27. The van der Waals surface area contributed by atoms with Crippen LogP contribution in [0.5, 0.6) is 0 Å². The van der Waals surface area contributed by atoms with Crippen LogP contribution in [-0.2, 0) is 9.47 Å². The third-order valence-electron chi connectivity index (χ3n) is 3.73. The molecule has 0 aromatic rings. The highest BCUT2D eigenvalue weighted by Gasteiger charge is 2.29.